The van der Waals surface area contributed by atoms with E-state index in [1.807, 2.05) is 6.07 Å². The molecule has 2 aromatic rings. The zero-order chi connectivity index (χ0) is 28.2. The van der Waals surface area contributed by atoms with Crippen molar-refractivity contribution in [3.63, 3.8) is 0 Å². The number of rotatable bonds is 7. The average molecular weight is 532 g/mol. The van der Waals surface area contributed by atoms with E-state index in [-0.39, 0.29) is 46.8 Å². The molecule has 1 aliphatic rings. The summed E-state index contributed by atoms with van der Waals surface area (Å²) in [6, 6.07) is 8.02. The Hall–Kier alpha value is -4.40. The van der Waals surface area contributed by atoms with Crippen LogP contribution in [-0.2, 0) is 15.7 Å². The lowest BCUT2D eigenvalue weighted by Crippen LogP contribution is -2.49. The first-order valence-corrected chi connectivity index (χ1v) is 11.5. The Morgan fingerprint density at radius 2 is 1.89 bits per heavy atom. The predicted molar refractivity (Wildman–Crippen MR) is 129 cm³/mol. The first-order valence-electron chi connectivity index (χ1n) is 11.5. The molecule has 1 N–H and O–H groups in total. The number of nitrogens with one attached hydrogen (secondary N) is 1. The lowest BCUT2D eigenvalue weighted by atomic mass is 9.89. The Labute approximate surface area is 216 Å². The zero-order valence-corrected chi connectivity index (χ0v) is 20.7. The van der Waals surface area contributed by atoms with Gasteiger partial charge in [0.2, 0.25) is 0 Å². The standard InChI is InChI=1S/C26H24F4N4O4/c1-4-38-24(36)21-15(2)34(18-7-5-6-17(13-18)26(28,29)30)25(37)33(3)22(21)19-9-8-16(14-31)12-20(19)23(35)32-11-10-27/h5-9,12-13,22H,4,10-11H2,1-3H3,(H,32,35). The van der Waals surface area contributed by atoms with Gasteiger partial charge in [0.25, 0.3) is 5.91 Å². The van der Waals surface area contributed by atoms with Crippen LogP contribution in [0.2, 0.25) is 0 Å². The van der Waals surface area contributed by atoms with E-state index >= 15 is 0 Å². The Kier molecular flexibility index (Phi) is 8.40. The van der Waals surface area contributed by atoms with Crippen molar-refractivity contribution in [2.24, 2.45) is 0 Å². The highest BCUT2D eigenvalue weighted by Crippen LogP contribution is 2.41. The van der Waals surface area contributed by atoms with E-state index in [2.05, 4.69) is 5.32 Å². The molecule has 1 atom stereocenters. The summed E-state index contributed by atoms with van der Waals surface area (Å²) >= 11 is 0. The number of ether oxygens (including phenoxy) is 1. The fourth-order valence-corrected chi connectivity index (χ4v) is 4.20. The van der Waals surface area contributed by atoms with Crippen molar-refractivity contribution in [1.82, 2.24) is 10.2 Å². The van der Waals surface area contributed by atoms with Crippen molar-refractivity contribution >= 4 is 23.6 Å². The fraction of sp³-hybridized carbons (Fsp3) is 0.308. The van der Waals surface area contributed by atoms with Crippen LogP contribution in [0.3, 0.4) is 0 Å². The molecule has 0 saturated heterocycles. The molecule has 1 unspecified atom stereocenters. The zero-order valence-electron chi connectivity index (χ0n) is 20.7. The second-order valence-corrected chi connectivity index (χ2v) is 8.26. The molecule has 0 radical (unpaired) electrons. The van der Waals surface area contributed by atoms with Gasteiger partial charge in [0.1, 0.15) is 6.67 Å². The highest BCUT2D eigenvalue weighted by Gasteiger charge is 2.43. The van der Waals surface area contributed by atoms with E-state index < -0.39 is 42.4 Å². The maximum absolute atomic E-state index is 13.6. The molecule has 1 aliphatic heterocycles. The first kappa shape index (κ1) is 28.2. The molecule has 2 aromatic carbocycles. The summed E-state index contributed by atoms with van der Waals surface area (Å²) in [6.45, 7) is 1.75. The molecule has 0 aromatic heterocycles. The SMILES string of the molecule is CCOC(=O)C1=C(C)N(c2cccc(C(F)(F)F)c2)C(=O)N(C)C1c1ccc(C#N)cc1C(=O)NCCF. The van der Waals surface area contributed by atoms with Gasteiger partial charge in [-0.3, -0.25) is 9.69 Å². The third kappa shape index (κ3) is 5.46. The number of allylic oxidation sites excluding steroid dienone is 1. The minimum atomic E-state index is -4.67. The number of hydrogen-bond donors (Lipinski definition) is 1. The van der Waals surface area contributed by atoms with Crippen molar-refractivity contribution in [2.45, 2.75) is 26.1 Å². The van der Waals surface area contributed by atoms with E-state index in [0.29, 0.717) is 0 Å². The molecule has 0 bridgehead atoms. The van der Waals surface area contributed by atoms with Crippen LogP contribution in [0.5, 0.6) is 0 Å². The van der Waals surface area contributed by atoms with Gasteiger partial charge < -0.3 is 15.0 Å². The van der Waals surface area contributed by atoms with Crippen molar-refractivity contribution in [3.8, 4) is 6.07 Å². The maximum Gasteiger partial charge on any atom is 0.416 e. The maximum atomic E-state index is 13.6. The van der Waals surface area contributed by atoms with Gasteiger partial charge in [0.05, 0.1) is 41.1 Å². The molecule has 0 saturated carbocycles. The summed E-state index contributed by atoms with van der Waals surface area (Å²) < 4.78 is 58.1. The third-order valence-corrected chi connectivity index (χ3v) is 5.91. The van der Waals surface area contributed by atoms with Crippen LogP contribution >= 0.6 is 0 Å². The van der Waals surface area contributed by atoms with Gasteiger partial charge >= 0.3 is 18.2 Å². The Balaban J connectivity index is 2.27. The summed E-state index contributed by atoms with van der Waals surface area (Å²) in [5.74, 6) is -1.59. The number of carbonyl (C=O) groups is 3. The molecule has 0 aliphatic carbocycles. The second-order valence-electron chi connectivity index (χ2n) is 8.26. The monoisotopic (exact) mass is 532 g/mol. The Morgan fingerprint density at radius 1 is 1.18 bits per heavy atom. The number of halogens is 4. The van der Waals surface area contributed by atoms with E-state index in [9.17, 15) is 37.2 Å². The summed E-state index contributed by atoms with van der Waals surface area (Å²) in [5, 5.41) is 11.7. The minimum Gasteiger partial charge on any atom is -0.463 e. The topological polar surface area (TPSA) is 103 Å². The summed E-state index contributed by atoms with van der Waals surface area (Å²) in [5.41, 5.74) is -1.06. The van der Waals surface area contributed by atoms with E-state index in [4.69, 9.17) is 4.74 Å². The van der Waals surface area contributed by atoms with Crippen LogP contribution in [0.4, 0.5) is 28.0 Å². The minimum absolute atomic E-state index is 0.00431. The number of likely N-dealkylation sites (N-methyl/N-ethyl adjacent to an activating group) is 1. The van der Waals surface area contributed by atoms with Crippen molar-refractivity contribution < 1.29 is 36.7 Å². The number of alkyl halides is 4. The predicted octanol–water partition coefficient (Wildman–Crippen LogP) is 4.73. The first-order chi connectivity index (χ1) is 18.0. The summed E-state index contributed by atoms with van der Waals surface area (Å²) in [6.07, 6.45) is -4.67. The average Bonchev–Trinajstić information content (AvgIpc) is 2.88. The molecular weight excluding hydrogens is 508 g/mol. The number of anilines is 1. The number of urea groups is 1. The van der Waals surface area contributed by atoms with Crippen LogP contribution in [0.15, 0.2) is 53.7 Å². The molecule has 1 heterocycles. The number of nitrogens with zero attached hydrogens (tertiary/aromatic N) is 3. The number of amides is 3. The van der Waals surface area contributed by atoms with Gasteiger partial charge in [-0.05, 0) is 49.7 Å². The smallest absolute Gasteiger partial charge is 0.416 e. The number of hydrogen-bond acceptors (Lipinski definition) is 5. The summed E-state index contributed by atoms with van der Waals surface area (Å²) in [7, 11) is 1.32. The van der Waals surface area contributed by atoms with E-state index in [1.165, 1.54) is 38.2 Å². The molecule has 8 nitrogen and oxygen atoms in total. The van der Waals surface area contributed by atoms with E-state index in [1.54, 1.807) is 6.92 Å². The van der Waals surface area contributed by atoms with Gasteiger partial charge in [-0.2, -0.15) is 18.4 Å². The normalized spacial score (nSPS) is 15.8. The van der Waals surface area contributed by atoms with Crippen molar-refractivity contribution in [1.29, 1.82) is 5.26 Å². The van der Waals surface area contributed by atoms with Crippen LogP contribution in [-0.4, -0.2) is 49.7 Å². The van der Waals surface area contributed by atoms with Gasteiger partial charge in [-0.25, -0.2) is 14.0 Å². The molecule has 0 fully saturated rings. The van der Waals surface area contributed by atoms with Gasteiger partial charge in [-0.15, -0.1) is 0 Å². The number of carbonyl (C=O) groups excluding carboxylic acids is 3. The van der Waals surface area contributed by atoms with Crippen LogP contribution in [0.1, 0.15) is 46.9 Å². The molecule has 200 valence electrons. The largest absolute Gasteiger partial charge is 0.463 e. The Morgan fingerprint density at radius 3 is 2.50 bits per heavy atom. The van der Waals surface area contributed by atoms with Gasteiger partial charge in [0.15, 0.2) is 0 Å². The molecule has 12 heteroatoms. The van der Waals surface area contributed by atoms with Gasteiger partial charge in [-0.1, -0.05) is 12.1 Å². The number of nitriles is 1. The molecular formula is C26H24F4N4O4. The lowest BCUT2D eigenvalue weighted by Gasteiger charge is -2.41. The third-order valence-electron chi connectivity index (χ3n) is 5.91. The molecule has 38 heavy (non-hydrogen) atoms. The molecule has 3 amide bonds. The number of benzene rings is 2. The van der Waals surface area contributed by atoms with Crippen LogP contribution in [0.25, 0.3) is 0 Å². The van der Waals surface area contributed by atoms with E-state index in [0.717, 1.165) is 28.0 Å². The van der Waals surface area contributed by atoms with Gasteiger partial charge in [0, 0.05) is 24.9 Å². The van der Waals surface area contributed by atoms with Crippen LogP contribution in [0, 0.1) is 11.3 Å². The molecule has 3 rings (SSSR count). The molecule has 0 spiro atoms. The Bertz CT molecular complexity index is 1330. The highest BCUT2D eigenvalue weighted by molar-refractivity contribution is 6.04. The quantitative estimate of drug-likeness (QED) is 0.411. The van der Waals surface area contributed by atoms with Crippen LogP contribution < -0.4 is 10.2 Å². The lowest BCUT2D eigenvalue weighted by molar-refractivity contribution is -0.139. The highest BCUT2D eigenvalue weighted by atomic mass is 19.4. The number of esters is 1. The van der Waals surface area contributed by atoms with Crippen molar-refractivity contribution in [2.75, 3.05) is 31.8 Å². The van der Waals surface area contributed by atoms with Crippen molar-refractivity contribution in [3.05, 3.63) is 76.0 Å². The second kappa shape index (κ2) is 11.3. The summed E-state index contributed by atoms with van der Waals surface area (Å²) in [4.78, 5) is 41.7. The fourth-order valence-electron chi connectivity index (χ4n) is 4.20.